The van der Waals surface area contributed by atoms with Gasteiger partial charge in [0.05, 0.1) is 11.9 Å². The highest BCUT2D eigenvalue weighted by molar-refractivity contribution is 6.05. The van der Waals surface area contributed by atoms with Crippen LogP contribution >= 0.6 is 0 Å². The van der Waals surface area contributed by atoms with Gasteiger partial charge in [-0.05, 0) is 37.3 Å². The predicted octanol–water partition coefficient (Wildman–Crippen LogP) is 2.51. The SMILES string of the molecule is Nc1ncc(C2C=CC=C(C(=O)N3CCC(CO)CC3)C2)nc1C(=O)Nc1ccccc1. The van der Waals surface area contributed by atoms with Gasteiger partial charge >= 0.3 is 0 Å². The Bertz CT molecular complexity index is 1040. The first kappa shape index (κ1) is 21.7. The first-order valence-corrected chi connectivity index (χ1v) is 10.8. The minimum Gasteiger partial charge on any atom is -0.396 e. The van der Waals surface area contributed by atoms with Crippen LogP contribution in [0.4, 0.5) is 11.5 Å². The molecule has 2 amide bonds. The standard InChI is InChI=1S/C24H27N5O3/c25-22-21(23(31)27-19-7-2-1-3-8-19)28-20(14-26-22)17-5-4-6-18(13-17)24(32)29-11-9-16(15-30)10-12-29/h1-8,14,16-17,30H,9-13,15H2,(H2,25,26)(H,27,31). The Hall–Kier alpha value is -3.52. The van der Waals surface area contributed by atoms with Crippen LogP contribution < -0.4 is 11.1 Å². The second kappa shape index (κ2) is 9.74. The number of allylic oxidation sites excluding steroid dienone is 3. The van der Waals surface area contributed by atoms with Crippen LogP contribution in [0.3, 0.4) is 0 Å². The molecule has 166 valence electrons. The highest BCUT2D eigenvalue weighted by atomic mass is 16.3. The molecule has 8 nitrogen and oxygen atoms in total. The third-order valence-corrected chi connectivity index (χ3v) is 5.96. The number of nitrogen functional groups attached to an aromatic ring is 1. The van der Waals surface area contributed by atoms with Gasteiger partial charge in [-0.15, -0.1) is 0 Å². The van der Waals surface area contributed by atoms with E-state index < -0.39 is 5.91 Å². The van der Waals surface area contributed by atoms with E-state index in [1.165, 1.54) is 0 Å². The third kappa shape index (κ3) is 4.86. The van der Waals surface area contributed by atoms with Crippen LogP contribution in [-0.4, -0.2) is 51.5 Å². The topological polar surface area (TPSA) is 121 Å². The maximum atomic E-state index is 13.0. The number of hydrogen-bond donors (Lipinski definition) is 3. The molecule has 1 saturated heterocycles. The van der Waals surface area contributed by atoms with Crippen LogP contribution in [0.1, 0.15) is 41.4 Å². The van der Waals surface area contributed by atoms with Crippen molar-refractivity contribution in [2.24, 2.45) is 5.92 Å². The van der Waals surface area contributed by atoms with E-state index in [9.17, 15) is 14.7 Å². The largest absolute Gasteiger partial charge is 0.396 e. The number of amides is 2. The lowest BCUT2D eigenvalue weighted by Gasteiger charge is -2.32. The normalized spacial score (nSPS) is 18.8. The Labute approximate surface area is 186 Å². The number of para-hydroxylation sites is 1. The summed E-state index contributed by atoms with van der Waals surface area (Å²) < 4.78 is 0. The third-order valence-electron chi connectivity index (χ3n) is 5.96. The quantitative estimate of drug-likeness (QED) is 0.666. The van der Waals surface area contributed by atoms with Gasteiger partial charge in [0.1, 0.15) is 0 Å². The molecule has 32 heavy (non-hydrogen) atoms. The summed E-state index contributed by atoms with van der Waals surface area (Å²) >= 11 is 0. The average molecular weight is 434 g/mol. The van der Waals surface area contributed by atoms with Crippen molar-refractivity contribution < 1.29 is 14.7 Å². The molecular formula is C24H27N5O3. The molecule has 0 radical (unpaired) electrons. The van der Waals surface area contributed by atoms with Crippen LogP contribution in [0.5, 0.6) is 0 Å². The summed E-state index contributed by atoms with van der Waals surface area (Å²) in [6.45, 7) is 1.48. The summed E-state index contributed by atoms with van der Waals surface area (Å²) in [6.07, 6.45) is 9.32. The number of piperidine rings is 1. The molecule has 1 unspecified atom stereocenters. The summed E-state index contributed by atoms with van der Waals surface area (Å²) in [6, 6.07) is 9.07. The molecule has 1 aromatic heterocycles. The van der Waals surface area contributed by atoms with E-state index in [2.05, 4.69) is 15.3 Å². The predicted molar refractivity (Wildman–Crippen MR) is 122 cm³/mol. The zero-order chi connectivity index (χ0) is 22.5. The number of aliphatic hydroxyl groups excluding tert-OH is 1. The van der Waals surface area contributed by atoms with E-state index in [0.29, 0.717) is 36.5 Å². The Kier molecular flexibility index (Phi) is 6.61. The van der Waals surface area contributed by atoms with Gasteiger partial charge in [0.2, 0.25) is 5.91 Å². The fourth-order valence-electron chi connectivity index (χ4n) is 4.03. The van der Waals surface area contributed by atoms with Gasteiger partial charge in [-0.1, -0.05) is 36.4 Å². The van der Waals surface area contributed by atoms with Gasteiger partial charge in [-0.2, -0.15) is 0 Å². The molecule has 0 saturated carbocycles. The van der Waals surface area contributed by atoms with Crippen LogP contribution in [0.2, 0.25) is 0 Å². The molecule has 1 atom stereocenters. The Morgan fingerprint density at radius 3 is 2.66 bits per heavy atom. The summed E-state index contributed by atoms with van der Waals surface area (Å²) in [5.41, 5.74) is 7.92. The summed E-state index contributed by atoms with van der Waals surface area (Å²) in [5, 5.41) is 12.1. The molecule has 2 aromatic rings. The molecule has 4 rings (SSSR count). The zero-order valence-corrected chi connectivity index (χ0v) is 17.8. The second-order valence-electron chi connectivity index (χ2n) is 8.15. The van der Waals surface area contributed by atoms with Gasteiger partial charge in [0.25, 0.3) is 5.91 Å². The molecule has 2 aliphatic rings. The number of aliphatic hydroxyl groups is 1. The maximum absolute atomic E-state index is 13.0. The lowest BCUT2D eigenvalue weighted by atomic mass is 9.90. The molecule has 0 bridgehead atoms. The molecule has 1 fully saturated rings. The Balaban J connectivity index is 1.46. The number of carbonyl (C=O) groups excluding carboxylic acids is 2. The Morgan fingerprint density at radius 2 is 1.94 bits per heavy atom. The van der Waals surface area contributed by atoms with Crippen molar-refractivity contribution in [3.63, 3.8) is 0 Å². The monoisotopic (exact) mass is 433 g/mol. The molecule has 2 heterocycles. The minimum atomic E-state index is -0.429. The maximum Gasteiger partial charge on any atom is 0.278 e. The van der Waals surface area contributed by atoms with Gasteiger partial charge in [0.15, 0.2) is 11.5 Å². The van der Waals surface area contributed by atoms with E-state index in [1.54, 1.807) is 18.3 Å². The molecule has 1 aliphatic heterocycles. The number of rotatable bonds is 5. The molecular weight excluding hydrogens is 406 g/mol. The number of nitrogens with zero attached hydrogens (tertiary/aromatic N) is 3. The molecule has 1 aliphatic carbocycles. The van der Waals surface area contributed by atoms with Crippen molar-refractivity contribution >= 4 is 23.3 Å². The number of hydrogen-bond acceptors (Lipinski definition) is 6. The summed E-state index contributed by atoms with van der Waals surface area (Å²) in [7, 11) is 0. The summed E-state index contributed by atoms with van der Waals surface area (Å²) in [5.74, 6) is -0.258. The first-order valence-electron chi connectivity index (χ1n) is 10.8. The Morgan fingerprint density at radius 1 is 1.19 bits per heavy atom. The number of anilines is 2. The van der Waals surface area contributed by atoms with Crippen molar-refractivity contribution in [3.05, 3.63) is 71.7 Å². The van der Waals surface area contributed by atoms with Gasteiger partial charge in [0, 0.05) is 36.9 Å². The molecule has 0 spiro atoms. The van der Waals surface area contributed by atoms with Gasteiger partial charge in [-0.3, -0.25) is 9.59 Å². The van der Waals surface area contributed by atoms with Crippen LogP contribution in [0, 0.1) is 5.92 Å². The highest BCUT2D eigenvalue weighted by Crippen LogP contribution is 2.30. The second-order valence-corrected chi connectivity index (χ2v) is 8.15. The van der Waals surface area contributed by atoms with Crippen molar-refractivity contribution in [1.82, 2.24) is 14.9 Å². The number of aromatic nitrogens is 2. The fraction of sp³-hybridized carbons (Fsp3) is 0.333. The highest BCUT2D eigenvalue weighted by Gasteiger charge is 2.27. The van der Waals surface area contributed by atoms with Crippen molar-refractivity contribution in [3.8, 4) is 0 Å². The summed E-state index contributed by atoms with van der Waals surface area (Å²) in [4.78, 5) is 36.2. The van der Waals surface area contributed by atoms with Crippen LogP contribution in [0.25, 0.3) is 0 Å². The van der Waals surface area contributed by atoms with E-state index >= 15 is 0 Å². The first-order chi connectivity index (χ1) is 15.5. The van der Waals surface area contributed by atoms with E-state index in [4.69, 9.17) is 5.73 Å². The molecule has 1 aromatic carbocycles. The number of nitrogens with one attached hydrogen (secondary N) is 1. The van der Waals surface area contributed by atoms with E-state index in [-0.39, 0.29) is 35.9 Å². The van der Waals surface area contributed by atoms with Gasteiger partial charge < -0.3 is 21.1 Å². The number of benzene rings is 1. The smallest absolute Gasteiger partial charge is 0.278 e. The zero-order valence-electron chi connectivity index (χ0n) is 17.8. The fourth-order valence-corrected chi connectivity index (χ4v) is 4.03. The lowest BCUT2D eigenvalue weighted by molar-refractivity contribution is -0.128. The average Bonchev–Trinajstić information content (AvgIpc) is 2.84. The van der Waals surface area contributed by atoms with Crippen LogP contribution in [0.15, 0.2) is 60.3 Å². The van der Waals surface area contributed by atoms with Crippen molar-refractivity contribution in [2.45, 2.75) is 25.2 Å². The minimum absolute atomic E-state index is 0.0150. The van der Waals surface area contributed by atoms with E-state index in [1.807, 2.05) is 41.3 Å². The number of nitrogens with two attached hydrogens (primary N) is 1. The number of likely N-dealkylation sites (tertiary alicyclic amines) is 1. The van der Waals surface area contributed by atoms with Crippen molar-refractivity contribution in [1.29, 1.82) is 0 Å². The molecule has 8 heteroatoms. The van der Waals surface area contributed by atoms with Crippen LogP contribution in [-0.2, 0) is 4.79 Å². The lowest BCUT2D eigenvalue weighted by Crippen LogP contribution is -2.40. The van der Waals surface area contributed by atoms with Crippen molar-refractivity contribution in [2.75, 3.05) is 30.7 Å². The number of carbonyl (C=O) groups is 2. The molecule has 4 N–H and O–H groups in total. The van der Waals surface area contributed by atoms with Gasteiger partial charge in [-0.25, -0.2) is 9.97 Å². The van der Waals surface area contributed by atoms with E-state index in [0.717, 1.165) is 12.8 Å².